The number of unbranched alkanes of at least 4 members (excludes halogenated alkanes) is 1. The van der Waals surface area contributed by atoms with E-state index in [9.17, 15) is 9.59 Å². The van der Waals surface area contributed by atoms with E-state index in [0.717, 1.165) is 36.8 Å². The van der Waals surface area contributed by atoms with E-state index in [2.05, 4.69) is 12.2 Å². The SMILES string of the molecule is CCCCOc1ccc(CNC(=O)C(c2ccccc2)N2CCCCC2=O)cc1OC. The summed E-state index contributed by atoms with van der Waals surface area (Å²) in [7, 11) is 1.61. The summed E-state index contributed by atoms with van der Waals surface area (Å²) in [4.78, 5) is 27.4. The Balaban J connectivity index is 1.71. The topological polar surface area (TPSA) is 67.9 Å². The lowest BCUT2D eigenvalue weighted by atomic mass is 10.0. The number of nitrogens with one attached hydrogen (secondary N) is 1. The standard InChI is InChI=1S/C25H32N2O4/c1-3-4-16-31-21-14-13-19(17-22(21)30-2)18-26-25(29)24(20-10-6-5-7-11-20)27-15-9-8-12-23(27)28/h5-7,10-11,13-14,17,24H,3-4,8-9,12,15-16,18H2,1-2H3,(H,26,29). The van der Waals surface area contributed by atoms with E-state index in [0.29, 0.717) is 37.6 Å². The van der Waals surface area contributed by atoms with Gasteiger partial charge in [0.1, 0.15) is 6.04 Å². The molecule has 1 N–H and O–H groups in total. The van der Waals surface area contributed by atoms with Gasteiger partial charge < -0.3 is 19.7 Å². The zero-order valence-corrected chi connectivity index (χ0v) is 18.4. The largest absolute Gasteiger partial charge is 0.493 e. The van der Waals surface area contributed by atoms with E-state index in [1.54, 1.807) is 12.0 Å². The van der Waals surface area contributed by atoms with Crippen LogP contribution in [0, 0.1) is 0 Å². The van der Waals surface area contributed by atoms with Crippen molar-refractivity contribution in [1.82, 2.24) is 10.2 Å². The van der Waals surface area contributed by atoms with Gasteiger partial charge in [0.25, 0.3) is 0 Å². The molecular formula is C25H32N2O4. The van der Waals surface area contributed by atoms with Gasteiger partial charge in [0, 0.05) is 19.5 Å². The first-order chi connectivity index (χ1) is 15.1. The molecule has 1 heterocycles. The molecule has 0 aromatic heterocycles. The van der Waals surface area contributed by atoms with Gasteiger partial charge in [-0.3, -0.25) is 9.59 Å². The third-order valence-electron chi connectivity index (χ3n) is 5.49. The van der Waals surface area contributed by atoms with Crippen LogP contribution in [0.25, 0.3) is 0 Å². The van der Waals surface area contributed by atoms with Crippen LogP contribution in [0.3, 0.4) is 0 Å². The quantitative estimate of drug-likeness (QED) is 0.579. The maximum absolute atomic E-state index is 13.2. The number of nitrogens with zero attached hydrogens (tertiary/aromatic N) is 1. The van der Waals surface area contributed by atoms with Gasteiger partial charge in [-0.25, -0.2) is 0 Å². The van der Waals surface area contributed by atoms with E-state index in [-0.39, 0.29) is 11.8 Å². The fraction of sp³-hybridized carbons (Fsp3) is 0.440. The van der Waals surface area contributed by atoms with Crippen LogP contribution in [-0.4, -0.2) is 37.0 Å². The highest BCUT2D eigenvalue weighted by molar-refractivity contribution is 5.89. The normalized spacial score (nSPS) is 14.8. The highest BCUT2D eigenvalue weighted by Crippen LogP contribution is 2.29. The molecule has 6 heteroatoms. The highest BCUT2D eigenvalue weighted by Gasteiger charge is 2.32. The third kappa shape index (κ3) is 6.00. The number of methoxy groups -OCH3 is 1. The van der Waals surface area contributed by atoms with Crippen molar-refractivity contribution in [3.8, 4) is 11.5 Å². The first-order valence-electron chi connectivity index (χ1n) is 11.1. The summed E-state index contributed by atoms with van der Waals surface area (Å²) in [6, 6.07) is 14.6. The number of carbonyl (C=O) groups is 2. The minimum absolute atomic E-state index is 0.0329. The average Bonchev–Trinajstić information content (AvgIpc) is 2.80. The van der Waals surface area contributed by atoms with Gasteiger partial charge in [-0.05, 0) is 42.5 Å². The van der Waals surface area contributed by atoms with Crippen LogP contribution in [-0.2, 0) is 16.1 Å². The van der Waals surface area contributed by atoms with Gasteiger partial charge in [-0.15, -0.1) is 0 Å². The molecule has 1 aliphatic heterocycles. The summed E-state index contributed by atoms with van der Waals surface area (Å²) in [5.41, 5.74) is 1.73. The number of likely N-dealkylation sites (tertiary alicyclic amines) is 1. The zero-order valence-electron chi connectivity index (χ0n) is 18.4. The Labute approximate surface area is 184 Å². The number of rotatable bonds is 10. The van der Waals surface area contributed by atoms with Crippen LogP contribution in [0.4, 0.5) is 0 Å². The van der Waals surface area contributed by atoms with E-state index in [1.807, 2.05) is 48.5 Å². The molecule has 0 bridgehead atoms. The fourth-order valence-electron chi connectivity index (χ4n) is 3.76. The maximum atomic E-state index is 13.2. The highest BCUT2D eigenvalue weighted by atomic mass is 16.5. The summed E-state index contributed by atoms with van der Waals surface area (Å²) in [6.45, 7) is 3.71. The van der Waals surface area contributed by atoms with E-state index < -0.39 is 6.04 Å². The second-order valence-electron chi connectivity index (χ2n) is 7.76. The van der Waals surface area contributed by atoms with Crippen molar-refractivity contribution in [2.75, 3.05) is 20.3 Å². The molecule has 6 nitrogen and oxygen atoms in total. The molecule has 0 aliphatic carbocycles. The molecule has 3 rings (SSSR count). The lowest BCUT2D eigenvalue weighted by Gasteiger charge is -2.34. The first kappa shape index (κ1) is 22.7. The number of ether oxygens (including phenoxy) is 2. The third-order valence-corrected chi connectivity index (χ3v) is 5.49. The molecule has 2 aromatic rings. The fourth-order valence-corrected chi connectivity index (χ4v) is 3.76. The zero-order chi connectivity index (χ0) is 22.1. The van der Waals surface area contributed by atoms with E-state index in [1.165, 1.54) is 0 Å². The van der Waals surface area contributed by atoms with Crippen LogP contribution in [0.2, 0.25) is 0 Å². The molecule has 166 valence electrons. The van der Waals surface area contributed by atoms with Crippen LogP contribution in [0.15, 0.2) is 48.5 Å². The van der Waals surface area contributed by atoms with Crippen molar-refractivity contribution < 1.29 is 19.1 Å². The molecule has 1 saturated heterocycles. The molecule has 2 amide bonds. The molecule has 0 radical (unpaired) electrons. The molecular weight excluding hydrogens is 392 g/mol. The van der Waals surface area contributed by atoms with Gasteiger partial charge >= 0.3 is 0 Å². The van der Waals surface area contributed by atoms with Crippen molar-refractivity contribution in [2.45, 2.75) is 51.6 Å². The van der Waals surface area contributed by atoms with Crippen molar-refractivity contribution in [2.24, 2.45) is 0 Å². The molecule has 0 saturated carbocycles. The molecule has 2 aromatic carbocycles. The monoisotopic (exact) mass is 424 g/mol. The van der Waals surface area contributed by atoms with E-state index in [4.69, 9.17) is 9.47 Å². The van der Waals surface area contributed by atoms with E-state index >= 15 is 0 Å². The summed E-state index contributed by atoms with van der Waals surface area (Å²) >= 11 is 0. The number of hydrogen-bond donors (Lipinski definition) is 1. The van der Waals surface area contributed by atoms with Gasteiger partial charge in [0.15, 0.2) is 11.5 Å². The summed E-state index contributed by atoms with van der Waals surface area (Å²) < 4.78 is 11.2. The first-order valence-corrected chi connectivity index (χ1v) is 11.1. The van der Waals surface area contributed by atoms with Gasteiger partial charge in [0.2, 0.25) is 11.8 Å². The smallest absolute Gasteiger partial charge is 0.247 e. The Kier molecular flexibility index (Phi) is 8.33. The second-order valence-corrected chi connectivity index (χ2v) is 7.76. The molecule has 1 unspecified atom stereocenters. The van der Waals surface area contributed by atoms with Crippen LogP contribution < -0.4 is 14.8 Å². The van der Waals surface area contributed by atoms with Crippen molar-refractivity contribution in [3.05, 3.63) is 59.7 Å². The lowest BCUT2D eigenvalue weighted by molar-refractivity contribution is -0.142. The Morgan fingerprint density at radius 2 is 1.94 bits per heavy atom. The van der Waals surface area contributed by atoms with Gasteiger partial charge in [-0.2, -0.15) is 0 Å². The molecule has 31 heavy (non-hydrogen) atoms. The summed E-state index contributed by atoms with van der Waals surface area (Å²) in [5.74, 6) is 1.20. The second kappa shape index (κ2) is 11.4. The number of benzene rings is 2. The minimum atomic E-state index is -0.618. The molecule has 0 spiro atoms. The number of hydrogen-bond acceptors (Lipinski definition) is 4. The number of piperidine rings is 1. The van der Waals surface area contributed by atoms with Crippen molar-refractivity contribution in [1.29, 1.82) is 0 Å². The molecule has 1 atom stereocenters. The minimum Gasteiger partial charge on any atom is -0.493 e. The molecule has 1 fully saturated rings. The number of amides is 2. The van der Waals surface area contributed by atoms with Crippen LogP contribution in [0.5, 0.6) is 11.5 Å². The predicted molar refractivity (Wildman–Crippen MR) is 120 cm³/mol. The number of carbonyl (C=O) groups excluding carboxylic acids is 2. The summed E-state index contributed by atoms with van der Waals surface area (Å²) in [6.07, 6.45) is 4.34. The Bertz CT molecular complexity index is 869. The van der Waals surface area contributed by atoms with Crippen molar-refractivity contribution >= 4 is 11.8 Å². The van der Waals surface area contributed by atoms with Gasteiger partial charge in [0.05, 0.1) is 13.7 Å². The summed E-state index contributed by atoms with van der Waals surface area (Å²) in [5, 5.41) is 3.01. The Morgan fingerprint density at radius 3 is 2.65 bits per heavy atom. The Morgan fingerprint density at radius 1 is 1.13 bits per heavy atom. The maximum Gasteiger partial charge on any atom is 0.247 e. The van der Waals surface area contributed by atoms with Gasteiger partial charge in [-0.1, -0.05) is 49.7 Å². The van der Waals surface area contributed by atoms with Crippen molar-refractivity contribution in [3.63, 3.8) is 0 Å². The van der Waals surface area contributed by atoms with Crippen LogP contribution >= 0.6 is 0 Å². The lowest BCUT2D eigenvalue weighted by Crippen LogP contribution is -2.45. The predicted octanol–water partition coefficient (Wildman–Crippen LogP) is 4.24. The average molecular weight is 425 g/mol. The Hall–Kier alpha value is -3.02. The molecule has 1 aliphatic rings. The van der Waals surface area contributed by atoms with Crippen LogP contribution in [0.1, 0.15) is 56.2 Å².